The fourth-order valence-corrected chi connectivity index (χ4v) is 2.89. The molecule has 0 aromatic heterocycles. The van der Waals surface area contributed by atoms with Crippen LogP contribution in [0, 0.1) is 5.92 Å². The molecule has 0 aliphatic heterocycles. The lowest BCUT2D eigenvalue weighted by molar-refractivity contribution is 0.423. The highest BCUT2D eigenvalue weighted by atomic mass is 15.1. The molecule has 2 atom stereocenters. The molecule has 1 saturated carbocycles. The molecular formula is C15H24N2. The van der Waals surface area contributed by atoms with Gasteiger partial charge in [0.25, 0.3) is 0 Å². The quantitative estimate of drug-likeness (QED) is 0.858. The number of rotatable bonds is 4. The predicted octanol–water partition coefficient (Wildman–Crippen LogP) is 2.68. The lowest BCUT2D eigenvalue weighted by Crippen LogP contribution is -2.30. The summed E-state index contributed by atoms with van der Waals surface area (Å²) in [4.78, 5) is 2.15. The molecule has 2 heteroatoms. The summed E-state index contributed by atoms with van der Waals surface area (Å²) in [6, 6.07) is 9.72. The minimum absolute atomic E-state index is 0.725. The Kier molecular flexibility index (Phi) is 4.06. The van der Waals surface area contributed by atoms with Crippen molar-refractivity contribution in [3.05, 3.63) is 29.8 Å². The smallest absolute Gasteiger partial charge is 0.0361 e. The van der Waals surface area contributed by atoms with Crippen molar-refractivity contribution in [2.24, 2.45) is 5.92 Å². The maximum Gasteiger partial charge on any atom is 0.0361 e. The summed E-state index contributed by atoms with van der Waals surface area (Å²) in [7, 11) is 6.27. The van der Waals surface area contributed by atoms with Crippen molar-refractivity contribution in [2.45, 2.75) is 31.7 Å². The largest absolute Gasteiger partial charge is 0.378 e. The Morgan fingerprint density at radius 1 is 1.18 bits per heavy atom. The first kappa shape index (κ1) is 12.4. The van der Waals surface area contributed by atoms with E-state index in [0.29, 0.717) is 0 Å². The summed E-state index contributed by atoms with van der Waals surface area (Å²) < 4.78 is 0. The van der Waals surface area contributed by atoms with E-state index in [1.54, 1.807) is 0 Å². The van der Waals surface area contributed by atoms with E-state index in [9.17, 15) is 0 Å². The normalized spacial score (nSPS) is 23.9. The van der Waals surface area contributed by atoms with E-state index in [2.05, 4.69) is 55.6 Å². The van der Waals surface area contributed by atoms with E-state index in [1.807, 2.05) is 0 Å². The van der Waals surface area contributed by atoms with Crippen molar-refractivity contribution < 1.29 is 0 Å². The van der Waals surface area contributed by atoms with Crippen LogP contribution in [0.25, 0.3) is 0 Å². The Morgan fingerprint density at radius 2 is 1.88 bits per heavy atom. The summed E-state index contributed by atoms with van der Waals surface area (Å²) in [5.74, 6) is 0.824. The van der Waals surface area contributed by atoms with Crippen LogP contribution >= 0.6 is 0 Å². The summed E-state index contributed by atoms with van der Waals surface area (Å²) in [6.07, 6.45) is 5.32. The van der Waals surface area contributed by atoms with Crippen LogP contribution in [0.5, 0.6) is 0 Å². The second kappa shape index (κ2) is 5.54. The van der Waals surface area contributed by atoms with Gasteiger partial charge in [0.05, 0.1) is 0 Å². The van der Waals surface area contributed by atoms with Crippen molar-refractivity contribution in [3.63, 3.8) is 0 Å². The van der Waals surface area contributed by atoms with Crippen LogP contribution in [0.4, 0.5) is 5.69 Å². The fraction of sp³-hybridized carbons (Fsp3) is 0.600. The van der Waals surface area contributed by atoms with Crippen LogP contribution in [0.1, 0.15) is 24.8 Å². The summed E-state index contributed by atoms with van der Waals surface area (Å²) in [6.45, 7) is 0. The zero-order valence-electron chi connectivity index (χ0n) is 11.2. The molecule has 1 aliphatic rings. The lowest BCUT2D eigenvalue weighted by atomic mass is 9.94. The summed E-state index contributed by atoms with van der Waals surface area (Å²) >= 11 is 0. The van der Waals surface area contributed by atoms with Gasteiger partial charge in [-0.25, -0.2) is 0 Å². The third kappa shape index (κ3) is 3.01. The fourth-order valence-electron chi connectivity index (χ4n) is 2.89. The topological polar surface area (TPSA) is 15.3 Å². The zero-order chi connectivity index (χ0) is 12.3. The van der Waals surface area contributed by atoms with Gasteiger partial charge in [-0.3, -0.25) is 0 Å². The van der Waals surface area contributed by atoms with Gasteiger partial charge in [0.15, 0.2) is 0 Å². The Balaban J connectivity index is 1.99. The van der Waals surface area contributed by atoms with Crippen LogP contribution < -0.4 is 10.2 Å². The number of nitrogens with one attached hydrogen (secondary N) is 1. The van der Waals surface area contributed by atoms with Gasteiger partial charge in [-0.15, -0.1) is 0 Å². The molecular weight excluding hydrogens is 208 g/mol. The van der Waals surface area contributed by atoms with E-state index in [-0.39, 0.29) is 0 Å². The Labute approximate surface area is 105 Å². The van der Waals surface area contributed by atoms with Gasteiger partial charge in [-0.2, -0.15) is 0 Å². The molecule has 0 bridgehead atoms. The zero-order valence-corrected chi connectivity index (χ0v) is 11.2. The Bertz CT molecular complexity index is 342. The van der Waals surface area contributed by atoms with Crippen LogP contribution in [0.15, 0.2) is 24.3 Å². The summed E-state index contributed by atoms with van der Waals surface area (Å²) in [5, 5.41) is 3.46. The number of hydrogen-bond donors (Lipinski definition) is 1. The molecule has 2 nitrogen and oxygen atoms in total. The van der Waals surface area contributed by atoms with Crippen molar-refractivity contribution in [1.82, 2.24) is 5.32 Å². The number of hydrogen-bond acceptors (Lipinski definition) is 2. The SMILES string of the molecule is CNC1CCCC1Cc1ccc(N(C)C)cc1. The van der Waals surface area contributed by atoms with E-state index in [4.69, 9.17) is 0 Å². The van der Waals surface area contributed by atoms with Crippen LogP contribution in [-0.2, 0) is 6.42 Å². The van der Waals surface area contributed by atoms with Gasteiger partial charge >= 0.3 is 0 Å². The van der Waals surface area contributed by atoms with Crippen molar-refractivity contribution in [3.8, 4) is 0 Å². The second-order valence-electron chi connectivity index (χ2n) is 5.35. The van der Waals surface area contributed by atoms with Crippen molar-refractivity contribution in [1.29, 1.82) is 0 Å². The molecule has 2 unspecified atom stereocenters. The van der Waals surface area contributed by atoms with E-state index in [0.717, 1.165) is 12.0 Å². The minimum atomic E-state index is 0.725. The molecule has 1 aromatic carbocycles. The van der Waals surface area contributed by atoms with Crippen molar-refractivity contribution in [2.75, 3.05) is 26.0 Å². The third-order valence-electron chi connectivity index (χ3n) is 3.98. The second-order valence-corrected chi connectivity index (χ2v) is 5.35. The molecule has 0 saturated heterocycles. The monoisotopic (exact) mass is 232 g/mol. The molecule has 1 fully saturated rings. The third-order valence-corrected chi connectivity index (χ3v) is 3.98. The van der Waals surface area contributed by atoms with Gasteiger partial charge in [0.2, 0.25) is 0 Å². The Hall–Kier alpha value is -1.02. The number of nitrogens with zero attached hydrogens (tertiary/aromatic N) is 1. The average Bonchev–Trinajstić information content (AvgIpc) is 2.77. The Morgan fingerprint density at radius 3 is 2.47 bits per heavy atom. The van der Waals surface area contributed by atoms with E-state index < -0.39 is 0 Å². The van der Waals surface area contributed by atoms with Gasteiger partial charge < -0.3 is 10.2 Å². The van der Waals surface area contributed by atoms with Crippen LogP contribution in [-0.4, -0.2) is 27.2 Å². The highest BCUT2D eigenvalue weighted by Crippen LogP contribution is 2.29. The molecule has 0 spiro atoms. The van der Waals surface area contributed by atoms with Crippen LogP contribution in [0.2, 0.25) is 0 Å². The van der Waals surface area contributed by atoms with E-state index in [1.165, 1.54) is 36.9 Å². The number of benzene rings is 1. The van der Waals surface area contributed by atoms with Gasteiger partial charge in [-0.05, 0) is 49.9 Å². The highest BCUT2D eigenvalue weighted by molar-refractivity contribution is 5.46. The highest BCUT2D eigenvalue weighted by Gasteiger charge is 2.25. The standard InChI is InChI=1S/C15H24N2/c1-16-15-6-4-5-13(15)11-12-7-9-14(10-8-12)17(2)3/h7-10,13,15-16H,4-6,11H2,1-3H3. The van der Waals surface area contributed by atoms with E-state index >= 15 is 0 Å². The maximum absolute atomic E-state index is 3.46. The van der Waals surface area contributed by atoms with Gasteiger partial charge in [0, 0.05) is 25.8 Å². The molecule has 0 heterocycles. The predicted molar refractivity (Wildman–Crippen MR) is 74.7 cm³/mol. The first-order chi connectivity index (χ1) is 8.20. The van der Waals surface area contributed by atoms with Gasteiger partial charge in [0.1, 0.15) is 0 Å². The first-order valence-corrected chi connectivity index (χ1v) is 6.64. The lowest BCUT2D eigenvalue weighted by Gasteiger charge is -2.19. The molecule has 17 heavy (non-hydrogen) atoms. The van der Waals surface area contributed by atoms with Crippen molar-refractivity contribution >= 4 is 5.69 Å². The molecule has 1 aliphatic carbocycles. The molecule has 1 aromatic rings. The van der Waals surface area contributed by atoms with Gasteiger partial charge in [-0.1, -0.05) is 18.6 Å². The molecule has 1 N–H and O–H groups in total. The molecule has 2 rings (SSSR count). The maximum atomic E-state index is 3.46. The van der Waals surface area contributed by atoms with Crippen LogP contribution in [0.3, 0.4) is 0 Å². The minimum Gasteiger partial charge on any atom is -0.378 e. The molecule has 0 amide bonds. The first-order valence-electron chi connectivity index (χ1n) is 6.64. The number of anilines is 1. The molecule has 0 radical (unpaired) electrons. The molecule has 94 valence electrons. The summed E-state index contributed by atoms with van der Waals surface area (Å²) in [5.41, 5.74) is 2.76. The average molecular weight is 232 g/mol.